The SMILES string of the molecule is CCCCCCCCCCCCC#CC#CCCCCCCCCC[NH3+]. The highest BCUT2D eigenvalue weighted by Gasteiger charge is 1.92. The van der Waals surface area contributed by atoms with Crippen molar-refractivity contribution in [2.75, 3.05) is 6.54 Å². The van der Waals surface area contributed by atoms with Gasteiger partial charge in [0.2, 0.25) is 0 Å². The smallest absolute Gasteiger partial charge is 0.0739 e. The van der Waals surface area contributed by atoms with Gasteiger partial charge in [0, 0.05) is 12.8 Å². The van der Waals surface area contributed by atoms with E-state index in [1.165, 1.54) is 109 Å². The van der Waals surface area contributed by atoms with Crippen molar-refractivity contribution in [3.63, 3.8) is 0 Å². The summed E-state index contributed by atoms with van der Waals surface area (Å²) in [6.45, 7) is 3.38. The summed E-state index contributed by atoms with van der Waals surface area (Å²) in [6.07, 6.45) is 25.3. The van der Waals surface area contributed by atoms with Crippen LogP contribution in [0.4, 0.5) is 0 Å². The van der Waals surface area contributed by atoms with Gasteiger partial charge >= 0.3 is 0 Å². The van der Waals surface area contributed by atoms with Crippen molar-refractivity contribution in [2.24, 2.45) is 0 Å². The summed E-state index contributed by atoms with van der Waals surface area (Å²) in [5.74, 6) is 12.5. The first kappa shape index (κ1) is 25.1. The van der Waals surface area contributed by atoms with E-state index in [0.29, 0.717) is 0 Å². The molecule has 0 saturated heterocycles. The van der Waals surface area contributed by atoms with Gasteiger partial charge in [-0.05, 0) is 37.5 Å². The molecule has 0 saturated carbocycles. The van der Waals surface area contributed by atoms with E-state index in [9.17, 15) is 0 Å². The van der Waals surface area contributed by atoms with Gasteiger partial charge in [0.05, 0.1) is 6.54 Å². The largest absolute Gasteiger partial charge is 0.358 e. The maximum absolute atomic E-state index is 3.88. The van der Waals surface area contributed by atoms with E-state index >= 15 is 0 Å². The summed E-state index contributed by atoms with van der Waals surface area (Å²) in [5, 5.41) is 0. The van der Waals surface area contributed by atoms with Crippen LogP contribution in [0.15, 0.2) is 0 Å². The predicted octanol–water partition coefficient (Wildman–Crippen LogP) is 6.67. The molecule has 0 rings (SSSR count). The van der Waals surface area contributed by atoms with Crippen molar-refractivity contribution >= 4 is 0 Å². The topological polar surface area (TPSA) is 27.6 Å². The highest BCUT2D eigenvalue weighted by atomic mass is 14.5. The molecule has 0 aliphatic rings. The lowest BCUT2D eigenvalue weighted by molar-refractivity contribution is -0.368. The van der Waals surface area contributed by atoms with Gasteiger partial charge in [0.25, 0.3) is 0 Å². The number of unbranched alkanes of at least 4 members (excludes halogenated alkanes) is 17. The second-order valence-corrected chi connectivity index (χ2v) is 7.61. The molecular weight excluding hydrogens is 314 g/mol. The molecule has 26 heavy (non-hydrogen) atoms. The minimum atomic E-state index is 1.02. The van der Waals surface area contributed by atoms with E-state index in [-0.39, 0.29) is 0 Å². The third-order valence-corrected chi connectivity index (χ3v) is 4.95. The van der Waals surface area contributed by atoms with Gasteiger partial charge in [-0.15, -0.1) is 0 Å². The predicted molar refractivity (Wildman–Crippen MR) is 117 cm³/mol. The second kappa shape index (κ2) is 24.1. The molecule has 150 valence electrons. The maximum Gasteiger partial charge on any atom is 0.0739 e. The van der Waals surface area contributed by atoms with Crippen molar-refractivity contribution in [1.29, 1.82) is 0 Å². The van der Waals surface area contributed by atoms with E-state index in [1.54, 1.807) is 0 Å². The average Bonchev–Trinajstić information content (AvgIpc) is 2.66. The van der Waals surface area contributed by atoms with Crippen molar-refractivity contribution in [1.82, 2.24) is 0 Å². The fraction of sp³-hybridized carbons (Fsp3) is 0.840. The molecule has 0 aliphatic carbocycles. The van der Waals surface area contributed by atoms with Gasteiger partial charge < -0.3 is 5.73 Å². The summed E-state index contributed by atoms with van der Waals surface area (Å²) in [4.78, 5) is 0. The Labute approximate surface area is 165 Å². The Morgan fingerprint density at radius 2 is 0.808 bits per heavy atom. The van der Waals surface area contributed by atoms with Crippen molar-refractivity contribution in [2.45, 2.75) is 129 Å². The molecule has 0 spiro atoms. The van der Waals surface area contributed by atoms with Gasteiger partial charge in [-0.3, -0.25) is 0 Å². The summed E-state index contributed by atoms with van der Waals surface area (Å²) < 4.78 is 0. The molecule has 0 aromatic carbocycles. The quantitative estimate of drug-likeness (QED) is 0.209. The first-order chi connectivity index (χ1) is 12.9. The van der Waals surface area contributed by atoms with Crippen LogP contribution in [0.2, 0.25) is 0 Å². The van der Waals surface area contributed by atoms with Crippen LogP contribution in [0.25, 0.3) is 0 Å². The first-order valence-corrected chi connectivity index (χ1v) is 11.7. The number of quaternary nitrogens is 1. The van der Waals surface area contributed by atoms with E-state index in [0.717, 1.165) is 19.4 Å². The van der Waals surface area contributed by atoms with Gasteiger partial charge in [0.15, 0.2) is 0 Å². The molecule has 0 aromatic rings. The zero-order chi connectivity index (χ0) is 19.0. The van der Waals surface area contributed by atoms with E-state index in [4.69, 9.17) is 0 Å². The lowest BCUT2D eigenvalue weighted by Crippen LogP contribution is -2.50. The number of hydrogen-bond donors (Lipinski definition) is 1. The van der Waals surface area contributed by atoms with Gasteiger partial charge in [0.1, 0.15) is 0 Å². The molecule has 1 heteroatoms. The van der Waals surface area contributed by atoms with Crippen molar-refractivity contribution in [3.8, 4) is 23.7 Å². The molecule has 0 unspecified atom stereocenters. The third-order valence-electron chi connectivity index (χ3n) is 4.95. The number of rotatable bonds is 18. The Balaban J connectivity index is 3.22. The second-order valence-electron chi connectivity index (χ2n) is 7.61. The van der Waals surface area contributed by atoms with Crippen molar-refractivity contribution < 1.29 is 5.73 Å². The molecule has 0 heterocycles. The van der Waals surface area contributed by atoms with Crippen LogP contribution >= 0.6 is 0 Å². The average molecular weight is 361 g/mol. The van der Waals surface area contributed by atoms with E-state index in [2.05, 4.69) is 36.3 Å². The highest BCUT2D eigenvalue weighted by molar-refractivity contribution is 5.25. The summed E-state index contributed by atoms with van der Waals surface area (Å²) in [7, 11) is 0. The molecular formula is C25H46N+. The zero-order valence-electron chi connectivity index (χ0n) is 17.8. The highest BCUT2D eigenvalue weighted by Crippen LogP contribution is 2.11. The monoisotopic (exact) mass is 360 g/mol. The van der Waals surface area contributed by atoms with Gasteiger partial charge in [-0.25, -0.2) is 0 Å². The van der Waals surface area contributed by atoms with Crippen LogP contribution in [0, 0.1) is 23.7 Å². The molecule has 0 aliphatic heterocycles. The molecule has 3 N–H and O–H groups in total. The molecule has 1 nitrogen and oxygen atoms in total. The molecule has 0 radical (unpaired) electrons. The fourth-order valence-corrected chi connectivity index (χ4v) is 3.19. The summed E-state index contributed by atoms with van der Waals surface area (Å²) in [5.41, 5.74) is 3.88. The Morgan fingerprint density at radius 3 is 1.19 bits per heavy atom. The lowest BCUT2D eigenvalue weighted by atomic mass is 10.1. The molecule has 0 bridgehead atoms. The van der Waals surface area contributed by atoms with Crippen LogP contribution < -0.4 is 5.73 Å². The van der Waals surface area contributed by atoms with Crippen LogP contribution in [-0.4, -0.2) is 6.54 Å². The fourth-order valence-electron chi connectivity index (χ4n) is 3.19. The van der Waals surface area contributed by atoms with Crippen molar-refractivity contribution in [3.05, 3.63) is 0 Å². The van der Waals surface area contributed by atoms with E-state index < -0.39 is 0 Å². The van der Waals surface area contributed by atoms with Crippen LogP contribution in [0.5, 0.6) is 0 Å². The minimum absolute atomic E-state index is 1.02. The summed E-state index contributed by atoms with van der Waals surface area (Å²) in [6, 6.07) is 0. The molecule has 0 atom stereocenters. The molecule has 0 amide bonds. The summed E-state index contributed by atoms with van der Waals surface area (Å²) >= 11 is 0. The van der Waals surface area contributed by atoms with E-state index in [1.807, 2.05) is 0 Å². The standard InChI is InChI=1S/C25H45N/c1-2-3-4-5-6-7-8-9-10-11-12-13-14-15-16-17-18-19-20-21-22-23-24-25-26/h2-12,17-26H2,1H3/p+1. The molecule has 0 aromatic heterocycles. The Bertz CT molecular complexity index is 376. The van der Waals surface area contributed by atoms with Crippen LogP contribution in [0.3, 0.4) is 0 Å². The minimum Gasteiger partial charge on any atom is -0.358 e. The Kier molecular flexibility index (Phi) is 23.2. The first-order valence-electron chi connectivity index (χ1n) is 11.7. The third kappa shape index (κ3) is 23.1. The maximum atomic E-state index is 3.88. The Hall–Kier alpha value is -0.920. The van der Waals surface area contributed by atoms with Crippen LogP contribution in [0.1, 0.15) is 129 Å². The normalized spacial score (nSPS) is 10.1. The zero-order valence-corrected chi connectivity index (χ0v) is 17.8. The van der Waals surface area contributed by atoms with Crippen LogP contribution in [-0.2, 0) is 0 Å². The molecule has 0 fully saturated rings. The van der Waals surface area contributed by atoms with Gasteiger partial charge in [-0.1, -0.05) is 102 Å². The number of hydrogen-bond acceptors (Lipinski definition) is 0. The van der Waals surface area contributed by atoms with Gasteiger partial charge in [-0.2, -0.15) is 0 Å². The lowest BCUT2D eigenvalue weighted by Gasteiger charge is -2.00. The Morgan fingerprint density at radius 1 is 0.462 bits per heavy atom.